The number of carbonyl (C=O) groups excluding carboxylic acids is 1. The molecule has 1 aliphatic heterocycles. The predicted molar refractivity (Wildman–Crippen MR) is 117 cm³/mol. The summed E-state index contributed by atoms with van der Waals surface area (Å²) in [6, 6.07) is 11.2. The second-order valence-electron chi connectivity index (χ2n) is 8.07. The van der Waals surface area contributed by atoms with Crippen molar-refractivity contribution in [2.24, 2.45) is 5.92 Å². The Kier molecular flexibility index (Phi) is 7.63. The first kappa shape index (κ1) is 23.5. The fourth-order valence-corrected chi connectivity index (χ4v) is 4.62. The van der Waals surface area contributed by atoms with E-state index >= 15 is 0 Å². The summed E-state index contributed by atoms with van der Waals surface area (Å²) in [6.45, 7) is 1.09. The van der Waals surface area contributed by atoms with E-state index < -0.39 is 16.6 Å². The molecule has 0 aromatic heterocycles. The van der Waals surface area contributed by atoms with Crippen LogP contribution in [0.1, 0.15) is 37.7 Å². The first-order valence-electron chi connectivity index (χ1n) is 10.7. The zero-order valence-corrected chi connectivity index (χ0v) is 18.1. The SMILES string of the molecule is COc1ccc2cc([C@@](CCC=O)(C(=O)O)N3CCC(CCO[N+](=O)[O-])CC3)ccc2c1. The Bertz CT molecular complexity index is 972. The van der Waals surface area contributed by atoms with Gasteiger partial charge in [-0.25, -0.2) is 4.79 Å². The maximum Gasteiger partial charge on any atom is 0.328 e. The van der Waals surface area contributed by atoms with Gasteiger partial charge in [0, 0.05) is 6.42 Å². The summed E-state index contributed by atoms with van der Waals surface area (Å²) in [4.78, 5) is 40.6. The summed E-state index contributed by atoms with van der Waals surface area (Å²) in [5, 5.41) is 21.8. The molecule has 0 amide bonds. The first-order chi connectivity index (χ1) is 15.4. The lowest BCUT2D eigenvalue weighted by atomic mass is 9.80. The van der Waals surface area contributed by atoms with Crippen LogP contribution >= 0.6 is 0 Å². The Morgan fingerprint density at radius 1 is 1.25 bits per heavy atom. The van der Waals surface area contributed by atoms with E-state index in [0.29, 0.717) is 37.9 Å². The van der Waals surface area contributed by atoms with Gasteiger partial charge in [0.25, 0.3) is 5.09 Å². The van der Waals surface area contributed by atoms with E-state index in [1.807, 2.05) is 41.3 Å². The van der Waals surface area contributed by atoms with Crippen LogP contribution in [-0.4, -0.2) is 54.2 Å². The summed E-state index contributed by atoms with van der Waals surface area (Å²) in [6.07, 6.45) is 3.03. The van der Waals surface area contributed by atoms with Crippen molar-refractivity contribution in [3.8, 4) is 5.75 Å². The molecule has 0 spiro atoms. The van der Waals surface area contributed by atoms with Crippen LogP contribution in [0.2, 0.25) is 0 Å². The Hall–Kier alpha value is -3.20. The maximum absolute atomic E-state index is 12.7. The van der Waals surface area contributed by atoms with Gasteiger partial charge in [-0.3, -0.25) is 4.90 Å². The third-order valence-corrected chi connectivity index (χ3v) is 6.38. The molecule has 1 heterocycles. The number of benzene rings is 2. The van der Waals surface area contributed by atoms with Crippen LogP contribution in [0, 0.1) is 16.0 Å². The standard InChI is InChI=1S/C23H28N2O7/c1-31-21-6-4-18-15-20(5-3-19(18)16-21)23(22(27)28,10-2-13-26)24-11-7-17(8-12-24)9-14-32-25(29)30/h3-6,13,15-17H,2,7-12,14H2,1H3,(H,27,28)/t23-/m0/s1. The largest absolute Gasteiger partial charge is 0.497 e. The number of hydrogen-bond acceptors (Lipinski definition) is 7. The average molecular weight is 444 g/mol. The highest BCUT2D eigenvalue weighted by atomic mass is 16.9. The van der Waals surface area contributed by atoms with Crippen molar-refractivity contribution in [2.45, 2.75) is 37.6 Å². The zero-order valence-electron chi connectivity index (χ0n) is 18.1. The molecule has 3 rings (SSSR count). The molecule has 9 nitrogen and oxygen atoms in total. The molecular formula is C23H28N2O7. The predicted octanol–water partition coefficient (Wildman–Crippen LogP) is 3.42. The van der Waals surface area contributed by atoms with Crippen molar-refractivity contribution < 1.29 is 29.4 Å². The van der Waals surface area contributed by atoms with E-state index in [-0.39, 0.29) is 25.4 Å². The number of piperidine rings is 1. The normalized spacial score (nSPS) is 16.9. The number of carbonyl (C=O) groups is 2. The molecule has 0 aliphatic carbocycles. The quantitative estimate of drug-likeness (QED) is 0.318. The monoisotopic (exact) mass is 444 g/mol. The van der Waals surface area contributed by atoms with Crippen LogP contribution in [0.4, 0.5) is 0 Å². The molecule has 172 valence electrons. The molecule has 0 saturated carbocycles. The minimum atomic E-state index is -1.32. The number of ether oxygens (including phenoxy) is 1. The Morgan fingerprint density at radius 2 is 1.94 bits per heavy atom. The number of likely N-dealkylation sites (tertiary alicyclic amines) is 1. The molecule has 1 aliphatic rings. The van der Waals surface area contributed by atoms with E-state index in [9.17, 15) is 24.8 Å². The van der Waals surface area contributed by atoms with Crippen LogP contribution in [0.25, 0.3) is 10.8 Å². The molecule has 2 aromatic carbocycles. The minimum absolute atomic E-state index is 0.0427. The van der Waals surface area contributed by atoms with E-state index in [0.717, 1.165) is 22.8 Å². The van der Waals surface area contributed by atoms with Gasteiger partial charge in [0.05, 0.1) is 13.7 Å². The van der Waals surface area contributed by atoms with Crippen molar-refractivity contribution in [1.29, 1.82) is 0 Å². The van der Waals surface area contributed by atoms with E-state index in [2.05, 4.69) is 4.84 Å². The van der Waals surface area contributed by atoms with Crippen molar-refractivity contribution in [2.75, 3.05) is 26.8 Å². The van der Waals surface area contributed by atoms with Gasteiger partial charge in [0.1, 0.15) is 17.6 Å². The van der Waals surface area contributed by atoms with E-state index in [4.69, 9.17) is 4.74 Å². The number of aldehydes is 1. The molecule has 1 saturated heterocycles. The average Bonchev–Trinajstić information content (AvgIpc) is 2.79. The number of hydrogen-bond donors (Lipinski definition) is 1. The van der Waals surface area contributed by atoms with Gasteiger partial charge < -0.3 is 19.5 Å². The molecule has 9 heteroatoms. The molecule has 1 atom stereocenters. The summed E-state index contributed by atoms with van der Waals surface area (Å²) < 4.78 is 5.27. The number of carboxylic acids is 1. The lowest BCUT2D eigenvalue weighted by Gasteiger charge is -2.44. The highest BCUT2D eigenvalue weighted by Crippen LogP contribution is 2.39. The maximum atomic E-state index is 12.7. The van der Waals surface area contributed by atoms with Gasteiger partial charge in [-0.15, -0.1) is 10.1 Å². The van der Waals surface area contributed by atoms with Gasteiger partial charge in [-0.05, 0) is 79.2 Å². The molecule has 1 fully saturated rings. The van der Waals surface area contributed by atoms with Gasteiger partial charge in [-0.2, -0.15) is 0 Å². The summed E-state index contributed by atoms with van der Waals surface area (Å²) in [7, 11) is 1.59. The van der Waals surface area contributed by atoms with Crippen LogP contribution in [0.15, 0.2) is 36.4 Å². The molecule has 2 aromatic rings. The fourth-order valence-electron chi connectivity index (χ4n) is 4.62. The summed E-state index contributed by atoms with van der Waals surface area (Å²) in [5.41, 5.74) is -0.684. The second-order valence-corrected chi connectivity index (χ2v) is 8.07. The molecular weight excluding hydrogens is 416 g/mol. The highest BCUT2D eigenvalue weighted by Gasteiger charge is 2.46. The molecule has 1 N–H and O–H groups in total. The number of rotatable bonds is 11. The Labute approximate surface area is 186 Å². The summed E-state index contributed by atoms with van der Waals surface area (Å²) in [5.74, 6) is -0.0333. The molecule has 32 heavy (non-hydrogen) atoms. The first-order valence-corrected chi connectivity index (χ1v) is 10.7. The second kappa shape index (κ2) is 10.4. The smallest absolute Gasteiger partial charge is 0.328 e. The minimum Gasteiger partial charge on any atom is -0.497 e. The van der Waals surface area contributed by atoms with Crippen molar-refractivity contribution >= 4 is 23.0 Å². The third-order valence-electron chi connectivity index (χ3n) is 6.38. The number of fused-ring (bicyclic) bond motifs is 1. The fraction of sp³-hybridized carbons (Fsp3) is 0.478. The Balaban J connectivity index is 1.88. The van der Waals surface area contributed by atoms with Crippen molar-refractivity contribution in [1.82, 2.24) is 4.90 Å². The topological polar surface area (TPSA) is 119 Å². The van der Waals surface area contributed by atoms with Crippen LogP contribution < -0.4 is 4.74 Å². The van der Waals surface area contributed by atoms with Gasteiger partial charge in [0.2, 0.25) is 0 Å². The molecule has 0 bridgehead atoms. The van der Waals surface area contributed by atoms with Crippen LogP contribution in [0.3, 0.4) is 0 Å². The summed E-state index contributed by atoms with van der Waals surface area (Å²) >= 11 is 0. The zero-order chi connectivity index (χ0) is 23.1. The number of nitrogens with zero attached hydrogens (tertiary/aromatic N) is 2. The third kappa shape index (κ3) is 4.99. The highest BCUT2D eigenvalue weighted by molar-refractivity contribution is 5.88. The van der Waals surface area contributed by atoms with Crippen LogP contribution in [0.5, 0.6) is 5.75 Å². The van der Waals surface area contributed by atoms with Crippen LogP contribution in [-0.2, 0) is 20.0 Å². The number of aliphatic carboxylic acids is 1. The van der Waals surface area contributed by atoms with Gasteiger partial charge >= 0.3 is 5.97 Å². The lowest BCUT2D eigenvalue weighted by Crippen LogP contribution is -2.55. The van der Waals surface area contributed by atoms with E-state index in [1.54, 1.807) is 7.11 Å². The Morgan fingerprint density at radius 3 is 2.56 bits per heavy atom. The number of methoxy groups -OCH3 is 1. The van der Waals surface area contributed by atoms with Crippen molar-refractivity contribution in [3.63, 3.8) is 0 Å². The lowest BCUT2D eigenvalue weighted by molar-refractivity contribution is -0.758. The van der Waals surface area contributed by atoms with Crippen molar-refractivity contribution in [3.05, 3.63) is 52.1 Å². The van der Waals surface area contributed by atoms with Gasteiger partial charge in [0.15, 0.2) is 0 Å². The van der Waals surface area contributed by atoms with Gasteiger partial charge in [-0.1, -0.05) is 18.2 Å². The molecule has 0 unspecified atom stereocenters. The van der Waals surface area contributed by atoms with E-state index in [1.165, 1.54) is 0 Å². The molecule has 0 radical (unpaired) electrons. The number of carboxylic acid groups (broad SMARTS) is 1.